The molecule has 3 rings (SSSR count). The molecule has 0 radical (unpaired) electrons. The zero-order chi connectivity index (χ0) is 32.0. The first-order valence-corrected chi connectivity index (χ1v) is 15.7. The number of hydrogen-bond acceptors (Lipinski definition) is 3. The molecule has 0 bridgehead atoms. The Labute approximate surface area is 257 Å². The van der Waals surface area contributed by atoms with Gasteiger partial charge in [-0.3, -0.25) is 0 Å². The number of unbranched alkanes of at least 4 members (excludes halogenated alkanes) is 9. The fraction of sp³-hybridized carbons (Fsp3) is 0.472. The van der Waals surface area contributed by atoms with E-state index in [9.17, 15) is 26.7 Å². The van der Waals surface area contributed by atoms with Crippen molar-refractivity contribution in [2.75, 3.05) is 6.61 Å². The van der Waals surface area contributed by atoms with Crippen molar-refractivity contribution in [1.29, 1.82) is 0 Å². The number of carbonyl (C=O) groups is 1. The maximum atomic E-state index is 14.9. The Morgan fingerprint density at radius 1 is 0.659 bits per heavy atom. The summed E-state index contributed by atoms with van der Waals surface area (Å²) >= 11 is 0. The van der Waals surface area contributed by atoms with Gasteiger partial charge in [0.25, 0.3) is 0 Å². The Morgan fingerprint density at radius 2 is 1.18 bits per heavy atom. The van der Waals surface area contributed by atoms with E-state index in [1.165, 1.54) is 49.9 Å². The summed E-state index contributed by atoms with van der Waals surface area (Å²) in [6, 6.07) is 15.7. The van der Waals surface area contributed by atoms with Crippen molar-refractivity contribution in [3.63, 3.8) is 0 Å². The molecule has 0 aromatic heterocycles. The molecule has 0 aliphatic heterocycles. The summed E-state index contributed by atoms with van der Waals surface area (Å²) in [5.74, 6) is -3.14. The second-order valence-corrected chi connectivity index (χ2v) is 11.1. The maximum absolute atomic E-state index is 14.9. The highest BCUT2D eigenvalue weighted by atomic mass is 19.4. The van der Waals surface area contributed by atoms with Gasteiger partial charge < -0.3 is 9.47 Å². The molecule has 0 heterocycles. The molecule has 1 unspecified atom stereocenters. The first kappa shape index (κ1) is 35.1. The van der Waals surface area contributed by atoms with E-state index in [1.54, 1.807) is 36.4 Å². The highest BCUT2D eigenvalue weighted by molar-refractivity contribution is 5.90. The molecule has 3 aromatic rings. The van der Waals surface area contributed by atoms with Crippen LogP contribution in [0.4, 0.5) is 22.0 Å². The highest BCUT2D eigenvalue weighted by Crippen LogP contribution is 2.32. The van der Waals surface area contributed by atoms with Gasteiger partial charge in [0.05, 0.1) is 12.2 Å². The van der Waals surface area contributed by atoms with Crippen molar-refractivity contribution >= 4 is 5.97 Å². The first-order valence-electron chi connectivity index (χ1n) is 15.7. The monoisotopic (exact) mass is 618 g/mol. The Morgan fingerprint density at radius 3 is 1.77 bits per heavy atom. The molecule has 44 heavy (non-hydrogen) atoms. The molecule has 0 N–H and O–H groups in total. The summed E-state index contributed by atoms with van der Waals surface area (Å²) in [5, 5.41) is 0. The van der Waals surface area contributed by atoms with Crippen LogP contribution in [0.3, 0.4) is 0 Å². The van der Waals surface area contributed by atoms with Gasteiger partial charge in [-0.05, 0) is 60.2 Å². The van der Waals surface area contributed by atoms with Gasteiger partial charge in [0, 0.05) is 5.56 Å². The van der Waals surface area contributed by atoms with E-state index in [1.807, 2.05) is 6.92 Å². The molecule has 3 aromatic carbocycles. The molecule has 1 atom stereocenters. The number of halogens is 5. The third-order valence-corrected chi connectivity index (χ3v) is 7.64. The molecule has 8 heteroatoms. The van der Waals surface area contributed by atoms with Crippen molar-refractivity contribution in [3.8, 4) is 28.0 Å². The molecule has 0 saturated carbocycles. The van der Waals surface area contributed by atoms with Crippen molar-refractivity contribution in [2.45, 2.75) is 103 Å². The maximum Gasteiger partial charge on any atom is 0.425 e. The topological polar surface area (TPSA) is 35.5 Å². The van der Waals surface area contributed by atoms with Crippen LogP contribution in [-0.4, -0.2) is 24.9 Å². The number of carbonyl (C=O) groups excluding carboxylic acids is 1. The van der Waals surface area contributed by atoms with Crippen molar-refractivity contribution < 1.29 is 36.2 Å². The van der Waals surface area contributed by atoms with Gasteiger partial charge in [-0.2, -0.15) is 17.6 Å². The van der Waals surface area contributed by atoms with Crippen LogP contribution < -0.4 is 4.74 Å². The molecule has 3 nitrogen and oxygen atoms in total. The first-order chi connectivity index (χ1) is 21.2. The van der Waals surface area contributed by atoms with Gasteiger partial charge in [0.2, 0.25) is 5.82 Å². The third-order valence-electron chi connectivity index (χ3n) is 7.64. The van der Waals surface area contributed by atoms with Crippen LogP contribution in [0.15, 0.2) is 60.7 Å². The van der Waals surface area contributed by atoms with E-state index in [0.29, 0.717) is 30.6 Å². The zero-order valence-electron chi connectivity index (χ0n) is 25.7. The van der Waals surface area contributed by atoms with Crippen LogP contribution in [0.25, 0.3) is 22.3 Å². The molecule has 0 fully saturated rings. The Balaban J connectivity index is 1.58. The number of benzene rings is 3. The van der Waals surface area contributed by atoms with Crippen LogP contribution in [0.5, 0.6) is 5.75 Å². The minimum Gasteiger partial charge on any atom is -0.490 e. The van der Waals surface area contributed by atoms with E-state index in [0.717, 1.165) is 37.7 Å². The average Bonchev–Trinajstić information content (AvgIpc) is 3.01. The Kier molecular flexibility index (Phi) is 14.2. The summed E-state index contributed by atoms with van der Waals surface area (Å²) in [5.41, 5.74) is 2.01. The second kappa shape index (κ2) is 17.8. The normalized spacial score (nSPS) is 12.2. The number of esters is 1. The summed E-state index contributed by atoms with van der Waals surface area (Å²) in [4.78, 5) is 12.5. The van der Waals surface area contributed by atoms with Gasteiger partial charge >= 0.3 is 12.1 Å². The van der Waals surface area contributed by atoms with Gasteiger partial charge in [0.15, 0.2) is 17.7 Å². The van der Waals surface area contributed by atoms with Crippen LogP contribution in [-0.2, 0) is 4.74 Å². The fourth-order valence-corrected chi connectivity index (χ4v) is 4.99. The van der Waals surface area contributed by atoms with E-state index >= 15 is 0 Å². The lowest BCUT2D eigenvalue weighted by Crippen LogP contribution is -2.33. The summed E-state index contributed by atoms with van der Waals surface area (Å²) < 4.78 is 80.2. The van der Waals surface area contributed by atoms with Gasteiger partial charge in [0.1, 0.15) is 0 Å². The van der Waals surface area contributed by atoms with E-state index in [4.69, 9.17) is 9.47 Å². The number of alkyl halides is 3. The lowest BCUT2D eigenvalue weighted by atomic mass is 9.99. The average molecular weight is 619 g/mol. The molecule has 0 aliphatic carbocycles. The van der Waals surface area contributed by atoms with Crippen molar-refractivity contribution in [2.24, 2.45) is 0 Å². The van der Waals surface area contributed by atoms with Crippen molar-refractivity contribution in [1.82, 2.24) is 0 Å². The van der Waals surface area contributed by atoms with E-state index in [2.05, 4.69) is 6.92 Å². The van der Waals surface area contributed by atoms with Gasteiger partial charge in [-0.15, -0.1) is 0 Å². The predicted octanol–water partition coefficient (Wildman–Crippen LogP) is 11.5. The van der Waals surface area contributed by atoms with Crippen LogP contribution in [0.1, 0.15) is 101 Å². The van der Waals surface area contributed by atoms with E-state index < -0.39 is 29.9 Å². The quantitative estimate of drug-likeness (QED) is 0.0808. The smallest absolute Gasteiger partial charge is 0.425 e. The third kappa shape index (κ3) is 10.6. The van der Waals surface area contributed by atoms with Crippen LogP contribution in [0.2, 0.25) is 0 Å². The van der Waals surface area contributed by atoms with Gasteiger partial charge in [-0.1, -0.05) is 108 Å². The minimum absolute atomic E-state index is 0.0139. The molecule has 240 valence electrons. The zero-order valence-corrected chi connectivity index (χ0v) is 25.7. The molecule has 0 saturated heterocycles. The Hall–Kier alpha value is -3.42. The fourth-order valence-electron chi connectivity index (χ4n) is 4.99. The lowest BCUT2D eigenvalue weighted by molar-refractivity contribution is -0.206. The number of hydrogen-bond donors (Lipinski definition) is 0. The predicted molar refractivity (Wildman–Crippen MR) is 165 cm³/mol. The number of ether oxygens (including phenoxy) is 2. The summed E-state index contributed by atoms with van der Waals surface area (Å²) in [7, 11) is 0. The highest BCUT2D eigenvalue weighted by Gasteiger charge is 2.42. The SMILES string of the molecule is CCCCCCCCCOc1ccc(-c2ccc(-c3ccc(C(=O)OC(CCCCCC)C(F)(F)F)cc3)cc2)c(F)c1F. The van der Waals surface area contributed by atoms with Crippen LogP contribution in [0, 0.1) is 11.6 Å². The molecule has 0 amide bonds. The summed E-state index contributed by atoms with van der Waals surface area (Å²) in [6.45, 7) is 4.47. The molecular formula is C36H43F5O3. The molecule has 0 aliphatic rings. The van der Waals surface area contributed by atoms with Gasteiger partial charge in [-0.25, -0.2) is 9.18 Å². The Bertz CT molecular complexity index is 1290. The second-order valence-electron chi connectivity index (χ2n) is 11.1. The van der Waals surface area contributed by atoms with E-state index in [-0.39, 0.29) is 23.3 Å². The summed E-state index contributed by atoms with van der Waals surface area (Å²) in [6.07, 6.45) is 3.35. The lowest BCUT2D eigenvalue weighted by Gasteiger charge is -2.20. The number of rotatable bonds is 18. The molecular weight excluding hydrogens is 575 g/mol. The standard InChI is InChI=1S/C36H43F5O3/c1-3-5-7-9-10-11-13-25-43-31-24-23-30(33(37)34(31)38)28-19-15-26(16-20-28)27-17-21-29(22-18-27)35(42)44-32(36(39,40)41)14-12-8-6-4-2/h15-24,32H,3-14,25H2,1-2H3. The van der Waals surface area contributed by atoms with Crippen molar-refractivity contribution in [3.05, 3.63) is 77.9 Å². The largest absolute Gasteiger partial charge is 0.490 e. The minimum atomic E-state index is -4.63. The van der Waals surface area contributed by atoms with Crippen LogP contribution >= 0.6 is 0 Å². The molecule has 0 spiro atoms.